The van der Waals surface area contributed by atoms with Crippen molar-refractivity contribution in [2.45, 2.75) is 70.8 Å². The second-order valence-electron chi connectivity index (χ2n) is 6.02. The largest absolute Gasteiger partial charge is 0.480 e. The third-order valence-corrected chi connectivity index (χ3v) is 3.92. The van der Waals surface area contributed by atoms with Gasteiger partial charge in [-0.25, -0.2) is 4.79 Å². The van der Waals surface area contributed by atoms with Crippen LogP contribution in [0.2, 0.25) is 0 Å². The summed E-state index contributed by atoms with van der Waals surface area (Å²) in [4.78, 5) is 23.2. The number of carbonyl (C=O) groups is 2. The fourth-order valence-corrected chi connectivity index (χ4v) is 2.56. The number of nitrogens with one attached hydrogen (secondary N) is 1. The molecule has 0 heterocycles. The van der Waals surface area contributed by atoms with Gasteiger partial charge in [0, 0.05) is 12.8 Å². The fourth-order valence-electron chi connectivity index (χ4n) is 2.56. The van der Waals surface area contributed by atoms with Crippen LogP contribution in [0.3, 0.4) is 0 Å². The molecule has 0 aliphatic carbocycles. The Morgan fingerprint density at radius 2 is 1.61 bits per heavy atom. The Balaban J connectivity index is 2.25. The van der Waals surface area contributed by atoms with E-state index < -0.39 is 12.0 Å². The lowest BCUT2D eigenvalue weighted by Gasteiger charge is -2.14. The molecule has 0 unspecified atom stereocenters. The van der Waals surface area contributed by atoms with E-state index in [1.54, 1.807) is 0 Å². The van der Waals surface area contributed by atoms with Crippen LogP contribution >= 0.6 is 0 Å². The van der Waals surface area contributed by atoms with Gasteiger partial charge in [-0.15, -0.1) is 0 Å². The van der Waals surface area contributed by atoms with E-state index in [9.17, 15) is 14.7 Å². The third kappa shape index (κ3) is 9.01. The van der Waals surface area contributed by atoms with Crippen LogP contribution in [0.1, 0.15) is 63.9 Å². The first kappa shape index (κ1) is 19.2. The molecule has 1 rings (SSSR count). The summed E-state index contributed by atoms with van der Waals surface area (Å²) >= 11 is 0. The van der Waals surface area contributed by atoms with Crippen LogP contribution < -0.4 is 5.32 Å². The van der Waals surface area contributed by atoms with Crippen LogP contribution in [0, 0.1) is 0 Å². The summed E-state index contributed by atoms with van der Waals surface area (Å²) in [5.74, 6) is -1.15. The van der Waals surface area contributed by atoms with Gasteiger partial charge >= 0.3 is 5.97 Å². The average Bonchev–Trinajstić information content (AvgIpc) is 2.54. The quantitative estimate of drug-likeness (QED) is 0.573. The molecule has 0 spiro atoms. The van der Waals surface area contributed by atoms with Crippen LogP contribution in [-0.2, 0) is 16.0 Å². The van der Waals surface area contributed by atoms with Gasteiger partial charge in [0.25, 0.3) is 0 Å². The van der Waals surface area contributed by atoms with E-state index >= 15 is 0 Å². The number of hydrogen-bond acceptors (Lipinski definition) is 2. The summed E-state index contributed by atoms with van der Waals surface area (Å²) in [6.45, 7) is 2.19. The van der Waals surface area contributed by atoms with Crippen molar-refractivity contribution in [1.82, 2.24) is 5.32 Å². The van der Waals surface area contributed by atoms with Crippen LogP contribution in [0.15, 0.2) is 30.3 Å². The number of aliphatic carboxylic acids is 1. The Morgan fingerprint density at radius 1 is 1.00 bits per heavy atom. The molecule has 0 saturated carbocycles. The number of carboxylic acid groups (broad SMARTS) is 1. The molecule has 0 radical (unpaired) electrons. The highest BCUT2D eigenvalue weighted by molar-refractivity contribution is 5.83. The molecular weight excluding hydrogens is 290 g/mol. The Bertz CT molecular complexity index is 459. The lowest BCUT2D eigenvalue weighted by atomic mass is 10.1. The minimum absolute atomic E-state index is 0.165. The first-order valence-electron chi connectivity index (χ1n) is 8.69. The minimum atomic E-state index is -0.984. The van der Waals surface area contributed by atoms with Gasteiger partial charge in [-0.3, -0.25) is 4.79 Å². The second kappa shape index (κ2) is 11.7. The Labute approximate surface area is 139 Å². The molecule has 4 heteroatoms. The van der Waals surface area contributed by atoms with Crippen molar-refractivity contribution < 1.29 is 14.7 Å². The zero-order chi connectivity index (χ0) is 16.9. The van der Waals surface area contributed by atoms with Crippen LogP contribution in [0.25, 0.3) is 0 Å². The highest BCUT2D eigenvalue weighted by Crippen LogP contribution is 2.09. The summed E-state index contributed by atoms with van der Waals surface area (Å²) in [7, 11) is 0. The maximum absolute atomic E-state index is 11.9. The monoisotopic (exact) mass is 319 g/mol. The Kier molecular flexibility index (Phi) is 9.76. The van der Waals surface area contributed by atoms with Crippen molar-refractivity contribution in [3.8, 4) is 0 Å². The molecule has 4 nitrogen and oxygen atoms in total. The van der Waals surface area contributed by atoms with Crippen LogP contribution in [0.5, 0.6) is 0 Å². The number of rotatable bonds is 12. The van der Waals surface area contributed by atoms with Gasteiger partial charge < -0.3 is 10.4 Å². The van der Waals surface area contributed by atoms with Gasteiger partial charge in [0.15, 0.2) is 0 Å². The molecule has 0 bridgehead atoms. The number of hydrogen-bond donors (Lipinski definition) is 2. The second-order valence-corrected chi connectivity index (χ2v) is 6.02. The maximum Gasteiger partial charge on any atom is 0.326 e. The number of unbranched alkanes of at least 4 members (excludes halogenated alkanes) is 6. The predicted molar refractivity (Wildman–Crippen MR) is 92.3 cm³/mol. The Morgan fingerprint density at radius 3 is 2.22 bits per heavy atom. The van der Waals surface area contributed by atoms with Crippen molar-refractivity contribution in [1.29, 1.82) is 0 Å². The van der Waals surface area contributed by atoms with E-state index in [2.05, 4.69) is 12.2 Å². The van der Waals surface area contributed by atoms with Crippen molar-refractivity contribution >= 4 is 11.9 Å². The molecule has 0 aromatic heterocycles. The van der Waals surface area contributed by atoms with E-state index in [4.69, 9.17) is 0 Å². The molecule has 0 aliphatic heterocycles. The normalized spacial score (nSPS) is 11.9. The highest BCUT2D eigenvalue weighted by Gasteiger charge is 2.19. The molecule has 1 aromatic carbocycles. The third-order valence-electron chi connectivity index (χ3n) is 3.92. The predicted octanol–water partition coefficient (Wildman–Crippen LogP) is 3.94. The summed E-state index contributed by atoms with van der Waals surface area (Å²) in [5, 5.41) is 11.9. The molecule has 23 heavy (non-hydrogen) atoms. The van der Waals surface area contributed by atoms with E-state index in [1.807, 2.05) is 30.3 Å². The zero-order valence-electron chi connectivity index (χ0n) is 14.1. The summed E-state index contributed by atoms with van der Waals surface area (Å²) < 4.78 is 0. The molecule has 1 aromatic rings. The number of carboxylic acids is 1. The molecule has 128 valence electrons. The summed E-state index contributed by atoms with van der Waals surface area (Å²) in [6.07, 6.45) is 8.75. The minimum Gasteiger partial charge on any atom is -0.480 e. The maximum atomic E-state index is 11.9. The summed E-state index contributed by atoms with van der Waals surface area (Å²) in [5.41, 5.74) is 0.913. The molecule has 0 fully saturated rings. The van der Waals surface area contributed by atoms with Gasteiger partial charge in [-0.05, 0) is 12.0 Å². The van der Waals surface area contributed by atoms with Gasteiger partial charge in [-0.1, -0.05) is 75.8 Å². The standard InChI is InChI=1S/C19H29NO3/c1-2-3-4-5-6-7-11-14-18(21)20-17(19(22)23)15-16-12-9-8-10-13-16/h8-10,12-13,17H,2-7,11,14-15H2,1H3,(H,20,21)(H,22,23)/t17-/m1/s1. The van der Waals surface area contributed by atoms with E-state index in [1.165, 1.54) is 25.7 Å². The number of amides is 1. The first-order chi connectivity index (χ1) is 11.1. The molecule has 2 N–H and O–H groups in total. The van der Waals surface area contributed by atoms with E-state index in [0.717, 1.165) is 24.8 Å². The van der Waals surface area contributed by atoms with Crippen molar-refractivity contribution in [2.24, 2.45) is 0 Å². The molecule has 1 amide bonds. The number of carbonyl (C=O) groups excluding carboxylic acids is 1. The smallest absolute Gasteiger partial charge is 0.326 e. The van der Waals surface area contributed by atoms with Gasteiger partial charge in [-0.2, -0.15) is 0 Å². The highest BCUT2D eigenvalue weighted by atomic mass is 16.4. The fraction of sp³-hybridized carbons (Fsp3) is 0.579. The summed E-state index contributed by atoms with van der Waals surface area (Å²) in [6, 6.07) is 8.52. The number of benzene rings is 1. The lowest BCUT2D eigenvalue weighted by Crippen LogP contribution is -2.42. The van der Waals surface area contributed by atoms with Crippen LogP contribution in [0.4, 0.5) is 0 Å². The van der Waals surface area contributed by atoms with Gasteiger partial charge in [0.2, 0.25) is 5.91 Å². The van der Waals surface area contributed by atoms with Gasteiger partial charge in [0.1, 0.15) is 6.04 Å². The van der Waals surface area contributed by atoms with Gasteiger partial charge in [0.05, 0.1) is 0 Å². The van der Waals surface area contributed by atoms with E-state index in [-0.39, 0.29) is 5.91 Å². The average molecular weight is 319 g/mol. The Hall–Kier alpha value is -1.84. The SMILES string of the molecule is CCCCCCCCCC(=O)N[C@H](Cc1ccccc1)C(=O)O. The molecule has 0 aliphatic rings. The molecule has 0 saturated heterocycles. The molecule has 1 atom stereocenters. The van der Waals surface area contributed by atoms with Crippen molar-refractivity contribution in [2.75, 3.05) is 0 Å². The first-order valence-corrected chi connectivity index (χ1v) is 8.69. The van der Waals surface area contributed by atoms with Crippen molar-refractivity contribution in [3.63, 3.8) is 0 Å². The lowest BCUT2D eigenvalue weighted by molar-refractivity contribution is -0.141. The van der Waals surface area contributed by atoms with Crippen molar-refractivity contribution in [3.05, 3.63) is 35.9 Å². The molecular formula is C19H29NO3. The van der Waals surface area contributed by atoms with E-state index in [0.29, 0.717) is 12.8 Å². The zero-order valence-corrected chi connectivity index (χ0v) is 14.1. The topological polar surface area (TPSA) is 66.4 Å². The van der Waals surface area contributed by atoms with Crippen LogP contribution in [-0.4, -0.2) is 23.0 Å².